The highest BCUT2D eigenvalue weighted by molar-refractivity contribution is 6.45. The minimum atomic E-state index is -0.379. The predicted molar refractivity (Wildman–Crippen MR) is 78.3 cm³/mol. The number of pyridine rings is 1. The summed E-state index contributed by atoms with van der Waals surface area (Å²) < 4.78 is 0. The molecule has 0 unspecified atom stereocenters. The van der Waals surface area contributed by atoms with Crippen LogP contribution in [-0.4, -0.2) is 16.5 Å². The van der Waals surface area contributed by atoms with Gasteiger partial charge in [0.05, 0.1) is 11.4 Å². The third-order valence-electron chi connectivity index (χ3n) is 2.52. The van der Waals surface area contributed by atoms with Crippen molar-refractivity contribution in [1.82, 2.24) is 4.98 Å². The molecule has 2 rings (SSSR count). The summed E-state index contributed by atoms with van der Waals surface area (Å²) >= 11 is 0. The van der Waals surface area contributed by atoms with Gasteiger partial charge in [-0.05, 0) is 18.2 Å². The van der Waals surface area contributed by atoms with E-state index in [-0.39, 0.29) is 11.5 Å². The molecular formula is C14H12N6. The average Bonchev–Trinajstić information content (AvgIpc) is 2.49. The van der Waals surface area contributed by atoms with Crippen molar-refractivity contribution in [3.63, 3.8) is 0 Å². The molecule has 1 aromatic carbocycles. The van der Waals surface area contributed by atoms with Gasteiger partial charge in [-0.1, -0.05) is 24.3 Å². The quantitative estimate of drug-likeness (QED) is 0.445. The van der Waals surface area contributed by atoms with E-state index >= 15 is 0 Å². The normalized spacial score (nSPS) is 10.7. The summed E-state index contributed by atoms with van der Waals surface area (Å²) in [6.45, 7) is 0. The van der Waals surface area contributed by atoms with Crippen LogP contribution in [0.2, 0.25) is 0 Å². The number of aromatic nitrogens is 1. The van der Waals surface area contributed by atoms with Crippen LogP contribution in [0.5, 0.6) is 0 Å². The van der Waals surface area contributed by atoms with Crippen LogP contribution in [0.3, 0.4) is 0 Å². The number of hydrogen-bond donors (Lipinski definition) is 3. The number of para-hydroxylation sites is 1. The number of nitrogens with two attached hydrogens (primary N) is 1. The van der Waals surface area contributed by atoms with Crippen molar-refractivity contribution in [2.45, 2.75) is 0 Å². The largest absolute Gasteiger partial charge is 0.382 e. The highest BCUT2D eigenvalue weighted by Gasteiger charge is 2.06. The van der Waals surface area contributed by atoms with Crippen molar-refractivity contribution in [3.05, 3.63) is 48.7 Å². The molecule has 0 aliphatic rings. The summed E-state index contributed by atoms with van der Waals surface area (Å²) in [5, 5.41) is 19.8. The van der Waals surface area contributed by atoms with E-state index in [2.05, 4.69) is 15.5 Å². The zero-order valence-electron chi connectivity index (χ0n) is 10.5. The van der Waals surface area contributed by atoms with Gasteiger partial charge in [0.1, 0.15) is 6.07 Å². The van der Waals surface area contributed by atoms with E-state index in [1.807, 2.05) is 42.5 Å². The zero-order chi connectivity index (χ0) is 14.4. The molecule has 4 N–H and O–H groups in total. The first-order chi connectivity index (χ1) is 9.72. The number of hydrogen-bond acceptors (Lipinski definition) is 5. The topological polar surface area (TPSA) is 111 Å². The lowest BCUT2D eigenvalue weighted by Gasteiger charge is -2.08. The number of anilines is 1. The maximum Gasteiger partial charge on any atom is 0.201 e. The molecule has 0 spiro atoms. The Morgan fingerprint density at radius 1 is 1.25 bits per heavy atom. The van der Waals surface area contributed by atoms with Crippen LogP contribution >= 0.6 is 0 Å². The Morgan fingerprint density at radius 3 is 2.65 bits per heavy atom. The standard InChI is InChI=1S/C14H12N6/c15-9-13(14(16)17)20-19-12-7-2-1-5-10(12)11-6-3-4-8-18-11/h1-8,19H,(H3,16,17)/b20-13+. The lowest BCUT2D eigenvalue weighted by atomic mass is 10.1. The minimum absolute atomic E-state index is 0.166. The van der Waals surface area contributed by atoms with Gasteiger partial charge in [0.15, 0.2) is 5.84 Å². The van der Waals surface area contributed by atoms with Crippen molar-refractivity contribution >= 4 is 17.2 Å². The van der Waals surface area contributed by atoms with Crippen LogP contribution in [0.1, 0.15) is 0 Å². The lowest BCUT2D eigenvalue weighted by Crippen LogP contribution is -2.21. The molecule has 20 heavy (non-hydrogen) atoms. The van der Waals surface area contributed by atoms with Crippen molar-refractivity contribution < 1.29 is 0 Å². The smallest absolute Gasteiger partial charge is 0.201 e. The molecule has 0 atom stereocenters. The Bertz CT molecular complexity index is 684. The molecule has 0 saturated heterocycles. The Labute approximate surface area is 116 Å². The van der Waals surface area contributed by atoms with E-state index < -0.39 is 0 Å². The Morgan fingerprint density at radius 2 is 2.00 bits per heavy atom. The van der Waals surface area contributed by atoms with E-state index in [9.17, 15) is 0 Å². The molecule has 0 fully saturated rings. The van der Waals surface area contributed by atoms with E-state index in [4.69, 9.17) is 16.4 Å². The molecule has 1 aromatic heterocycles. The van der Waals surface area contributed by atoms with Crippen LogP contribution in [-0.2, 0) is 0 Å². The molecule has 0 bridgehead atoms. The highest BCUT2D eigenvalue weighted by Crippen LogP contribution is 2.25. The zero-order valence-corrected chi connectivity index (χ0v) is 10.5. The molecule has 6 nitrogen and oxygen atoms in total. The first-order valence-electron chi connectivity index (χ1n) is 5.81. The van der Waals surface area contributed by atoms with Crippen LogP contribution < -0.4 is 11.2 Å². The van der Waals surface area contributed by atoms with E-state index in [0.717, 1.165) is 11.3 Å². The molecule has 98 valence electrons. The summed E-state index contributed by atoms with van der Waals surface area (Å²) in [6.07, 6.45) is 1.70. The fourth-order valence-corrected chi connectivity index (χ4v) is 1.59. The second-order valence-corrected chi connectivity index (χ2v) is 3.86. The van der Waals surface area contributed by atoms with Crippen molar-refractivity contribution in [2.75, 3.05) is 5.43 Å². The Kier molecular flexibility index (Phi) is 4.04. The van der Waals surface area contributed by atoms with Gasteiger partial charge < -0.3 is 5.73 Å². The van der Waals surface area contributed by atoms with Gasteiger partial charge in [-0.15, -0.1) is 0 Å². The number of amidine groups is 1. The molecular weight excluding hydrogens is 252 g/mol. The maximum absolute atomic E-state index is 8.81. The van der Waals surface area contributed by atoms with E-state index in [1.165, 1.54) is 0 Å². The van der Waals surface area contributed by atoms with Crippen LogP contribution in [0.4, 0.5) is 5.69 Å². The first kappa shape index (κ1) is 13.2. The Hall–Kier alpha value is -3.20. The second kappa shape index (κ2) is 6.11. The second-order valence-electron chi connectivity index (χ2n) is 3.86. The monoisotopic (exact) mass is 264 g/mol. The van der Waals surface area contributed by atoms with Crippen LogP contribution in [0, 0.1) is 16.7 Å². The van der Waals surface area contributed by atoms with Gasteiger partial charge in [-0.2, -0.15) is 10.4 Å². The maximum atomic E-state index is 8.81. The van der Waals surface area contributed by atoms with Gasteiger partial charge in [0.25, 0.3) is 0 Å². The summed E-state index contributed by atoms with van der Waals surface area (Å²) in [5.41, 5.74) is 10.1. The number of nitrogens with one attached hydrogen (secondary N) is 2. The molecule has 0 aliphatic carbocycles. The Balaban J connectivity index is 2.35. The van der Waals surface area contributed by atoms with Gasteiger partial charge in [0, 0.05) is 11.8 Å². The van der Waals surface area contributed by atoms with Crippen molar-refractivity contribution in [2.24, 2.45) is 10.8 Å². The van der Waals surface area contributed by atoms with Gasteiger partial charge in [-0.3, -0.25) is 15.8 Å². The molecule has 6 heteroatoms. The molecule has 1 heterocycles. The number of nitrogens with zero attached hydrogens (tertiary/aromatic N) is 3. The number of benzene rings is 1. The third-order valence-corrected chi connectivity index (χ3v) is 2.52. The number of nitriles is 1. The van der Waals surface area contributed by atoms with Gasteiger partial charge in [0.2, 0.25) is 5.71 Å². The SMILES string of the molecule is N#C/C(=N\Nc1ccccc1-c1ccccn1)C(=N)N. The average molecular weight is 264 g/mol. The first-order valence-corrected chi connectivity index (χ1v) is 5.81. The highest BCUT2D eigenvalue weighted by atomic mass is 15.3. The third kappa shape index (κ3) is 2.97. The molecule has 0 saturated carbocycles. The van der Waals surface area contributed by atoms with E-state index in [1.54, 1.807) is 12.3 Å². The fraction of sp³-hybridized carbons (Fsp3) is 0. The summed E-state index contributed by atoms with van der Waals surface area (Å²) in [6, 6.07) is 14.8. The summed E-state index contributed by atoms with van der Waals surface area (Å²) in [4.78, 5) is 4.27. The van der Waals surface area contributed by atoms with Crippen molar-refractivity contribution in [3.8, 4) is 17.3 Å². The molecule has 0 amide bonds. The van der Waals surface area contributed by atoms with E-state index in [0.29, 0.717) is 5.69 Å². The van der Waals surface area contributed by atoms with Crippen LogP contribution in [0.15, 0.2) is 53.8 Å². The summed E-state index contributed by atoms with van der Waals surface area (Å²) in [7, 11) is 0. The number of rotatable bonds is 4. The molecule has 2 aromatic rings. The van der Waals surface area contributed by atoms with Gasteiger partial charge >= 0.3 is 0 Å². The van der Waals surface area contributed by atoms with Gasteiger partial charge in [-0.25, -0.2) is 0 Å². The molecule has 0 aliphatic heterocycles. The number of hydrazone groups is 1. The predicted octanol–water partition coefficient (Wildman–Crippen LogP) is 1.98. The van der Waals surface area contributed by atoms with Crippen molar-refractivity contribution in [1.29, 1.82) is 10.7 Å². The fourth-order valence-electron chi connectivity index (χ4n) is 1.59. The summed E-state index contributed by atoms with van der Waals surface area (Å²) in [5.74, 6) is -0.379. The minimum Gasteiger partial charge on any atom is -0.382 e. The lowest BCUT2D eigenvalue weighted by molar-refractivity contribution is 1.30. The van der Waals surface area contributed by atoms with Crippen LogP contribution in [0.25, 0.3) is 11.3 Å². The molecule has 0 radical (unpaired) electrons.